The van der Waals surface area contributed by atoms with E-state index in [0.29, 0.717) is 56.9 Å². The van der Waals surface area contributed by atoms with Crippen molar-refractivity contribution < 1.29 is 44.4 Å². The molecule has 0 saturated carbocycles. The van der Waals surface area contributed by atoms with E-state index in [2.05, 4.69) is 52.0 Å². The molecular weight excluding hydrogens is 892 g/mol. The smallest absolute Gasteiger partial charge is 1.00 e. The minimum atomic E-state index is -0.824. The van der Waals surface area contributed by atoms with Crippen LogP contribution in [0.5, 0.6) is 0 Å². The van der Waals surface area contributed by atoms with Crippen molar-refractivity contribution in [2.75, 3.05) is 13.3 Å². The van der Waals surface area contributed by atoms with Crippen molar-refractivity contribution >= 4 is 61.2 Å². The van der Waals surface area contributed by atoms with Gasteiger partial charge in [0.05, 0.1) is 44.7 Å². The Morgan fingerprint density at radius 1 is 0.808 bits per heavy atom. The quantitative estimate of drug-likeness (QED) is 0.0852. The molecule has 0 spiro atoms. The molecule has 0 fully saturated rings. The maximum atomic E-state index is 13.5. The van der Waals surface area contributed by atoms with Crippen molar-refractivity contribution in [3.05, 3.63) is 124 Å². The van der Waals surface area contributed by atoms with Gasteiger partial charge in [0.2, 0.25) is 0 Å². The molecule has 0 saturated heterocycles. The van der Waals surface area contributed by atoms with Crippen LogP contribution >= 0.6 is 31.9 Å². The van der Waals surface area contributed by atoms with Gasteiger partial charge in [0.1, 0.15) is 45.8 Å². The Hall–Kier alpha value is -3.16. The Morgan fingerprint density at radius 3 is 1.73 bits per heavy atom. The molecule has 6 aromatic rings. The van der Waals surface area contributed by atoms with E-state index in [1.165, 1.54) is 35.0 Å². The number of hydrogen-bond donors (Lipinski definition) is 1. The molecule has 0 aliphatic rings. The fraction of sp³-hybridized carbons (Fsp3) is 0.235. The van der Waals surface area contributed by atoms with Crippen molar-refractivity contribution in [3.63, 3.8) is 0 Å². The summed E-state index contributed by atoms with van der Waals surface area (Å²) in [5.41, 5.74) is 3.62. The van der Waals surface area contributed by atoms with E-state index in [0.717, 1.165) is 11.1 Å². The van der Waals surface area contributed by atoms with Crippen LogP contribution in [0.2, 0.25) is 0 Å². The van der Waals surface area contributed by atoms with Crippen molar-refractivity contribution in [3.8, 4) is 22.8 Å². The van der Waals surface area contributed by atoms with Crippen LogP contribution in [0.15, 0.2) is 82.8 Å². The summed E-state index contributed by atoms with van der Waals surface area (Å²) in [5, 5.41) is 18.2. The molecule has 6 rings (SSSR count). The number of carbonyl (C=O) groups excluding carboxylic acids is 1. The first-order valence-electron chi connectivity index (χ1n) is 14.9. The third kappa shape index (κ3) is 10.5. The van der Waals surface area contributed by atoms with Gasteiger partial charge in [-0.2, -0.15) is 10.2 Å². The average Bonchev–Trinajstić information content (AvgIpc) is 3.89. The molecule has 1 atom stereocenters. The molecule has 1 unspecified atom stereocenters. The van der Waals surface area contributed by atoms with Crippen molar-refractivity contribution in [2.24, 2.45) is 0 Å². The molecule has 2 aromatic carbocycles. The summed E-state index contributed by atoms with van der Waals surface area (Å²) in [7, 11) is 0. The number of aryl methyl sites for hydroxylation is 2. The van der Waals surface area contributed by atoms with Gasteiger partial charge < -0.3 is 38.6 Å². The molecule has 0 aliphatic carbocycles. The molecule has 272 valence electrons. The number of halogens is 7. The summed E-state index contributed by atoms with van der Waals surface area (Å²) < 4.78 is 60.0. The molecule has 10 nitrogen and oxygen atoms in total. The van der Waals surface area contributed by atoms with Crippen molar-refractivity contribution in [1.29, 1.82) is 0 Å². The van der Waals surface area contributed by atoms with Crippen molar-refractivity contribution in [2.45, 2.75) is 39.2 Å². The number of carbonyl (C=O) groups is 1. The zero-order valence-corrected chi connectivity index (χ0v) is 34.3. The largest absolute Gasteiger partial charge is 2.00 e. The average molecular weight is 926 g/mol. The van der Waals surface area contributed by atoms with Gasteiger partial charge in [0, 0.05) is 52.6 Å². The predicted octanol–water partition coefficient (Wildman–Crippen LogP) is 4.27. The minimum Gasteiger partial charge on any atom is -1.00 e. The van der Waals surface area contributed by atoms with Gasteiger partial charge in [-0.25, -0.2) is 27.5 Å². The van der Waals surface area contributed by atoms with E-state index < -0.39 is 31.1 Å². The van der Waals surface area contributed by atoms with Gasteiger partial charge in [-0.05, 0) is 80.7 Å². The minimum absolute atomic E-state index is 0. The maximum Gasteiger partial charge on any atom is 2.00 e. The van der Waals surface area contributed by atoms with E-state index in [9.17, 15) is 27.5 Å². The predicted molar refractivity (Wildman–Crippen MR) is 193 cm³/mol. The Kier molecular flexibility index (Phi) is 18.1. The van der Waals surface area contributed by atoms with Gasteiger partial charge in [-0.15, -0.1) is 0 Å². The summed E-state index contributed by atoms with van der Waals surface area (Å²) in [6, 6.07) is 8.26. The standard InChI is InChI=1S/C17H17BrF2N4O.C16H13BrF2N4O.CH3.BrH.Mg/c1-11(25)15-8-13(20)2-3-14(15)17-21-5-7-23(17)10-12-9-22-24(6-4-19)16(12)18;17-15-12(8-21-23(15)5-3-18)9-22-6-4-20-16(22)14-2-1-13(19)7-11(14)10-24;;;/h2-3,5,7-9,11,25H,4,6,10H2,1H3;1-2,4,6-8,10H,3,5,9H2;1H3;1H;/q;;-1;;+2/p-1. The number of aliphatic hydroxyl groups excluding tert-OH is 1. The maximum absolute atomic E-state index is 13.5. The van der Waals surface area contributed by atoms with Crippen LogP contribution in [0.4, 0.5) is 17.6 Å². The molecular formula is C34H33Br3F4MgN8O2. The van der Waals surface area contributed by atoms with Gasteiger partial charge in [0.15, 0.2) is 6.29 Å². The first kappa shape index (κ1) is 45.0. The topological polar surface area (TPSA) is 109 Å². The second-order valence-electron chi connectivity index (χ2n) is 10.8. The zero-order valence-electron chi connectivity index (χ0n) is 28.1. The van der Waals surface area contributed by atoms with Crippen LogP contribution in [0.25, 0.3) is 22.8 Å². The van der Waals surface area contributed by atoms with E-state index in [1.807, 2.05) is 9.13 Å². The Bertz CT molecular complexity index is 2050. The van der Waals surface area contributed by atoms with Crippen LogP contribution in [-0.2, 0) is 26.2 Å². The van der Waals surface area contributed by atoms with E-state index in [-0.39, 0.29) is 66.1 Å². The number of rotatable bonds is 12. The Balaban J connectivity index is 0.000000341. The number of aliphatic hydroxyl groups is 1. The first-order chi connectivity index (χ1) is 23.6. The normalized spacial score (nSPS) is 11.1. The zero-order chi connectivity index (χ0) is 35.1. The molecule has 0 bridgehead atoms. The summed E-state index contributed by atoms with van der Waals surface area (Å²) in [5.74, 6) is 0.269. The van der Waals surface area contributed by atoms with Crippen LogP contribution < -0.4 is 17.0 Å². The monoisotopic (exact) mass is 922 g/mol. The number of alkyl halides is 2. The summed E-state index contributed by atoms with van der Waals surface area (Å²) in [6.07, 6.45) is 9.90. The van der Waals surface area contributed by atoms with Gasteiger partial charge in [-0.3, -0.25) is 14.2 Å². The van der Waals surface area contributed by atoms with Crippen LogP contribution in [-0.4, -0.2) is 86.5 Å². The van der Waals surface area contributed by atoms with E-state index in [4.69, 9.17) is 0 Å². The van der Waals surface area contributed by atoms with Crippen LogP contribution in [0.3, 0.4) is 0 Å². The number of benzene rings is 2. The van der Waals surface area contributed by atoms with E-state index in [1.54, 1.807) is 54.9 Å². The number of imidazole rings is 2. The fourth-order valence-electron chi connectivity index (χ4n) is 5.15. The molecule has 4 aromatic heterocycles. The summed E-state index contributed by atoms with van der Waals surface area (Å²) >= 11 is 6.85. The molecule has 1 N–H and O–H groups in total. The second kappa shape index (κ2) is 20.9. The van der Waals surface area contributed by atoms with Crippen molar-refractivity contribution in [1.82, 2.24) is 38.7 Å². The van der Waals surface area contributed by atoms with Gasteiger partial charge in [-0.1, -0.05) is 0 Å². The number of hydrogen-bond acceptors (Lipinski definition) is 6. The second-order valence-corrected chi connectivity index (χ2v) is 12.3. The Morgan fingerprint density at radius 2 is 1.27 bits per heavy atom. The molecule has 0 radical (unpaired) electrons. The fourth-order valence-corrected chi connectivity index (χ4v) is 6.14. The molecule has 0 aliphatic heterocycles. The number of aromatic nitrogens is 8. The van der Waals surface area contributed by atoms with Crippen LogP contribution in [0.1, 0.15) is 40.1 Å². The van der Waals surface area contributed by atoms with Crippen LogP contribution in [0, 0.1) is 19.1 Å². The molecule has 4 heterocycles. The third-order valence-electron chi connectivity index (χ3n) is 7.48. The third-order valence-corrected chi connectivity index (χ3v) is 9.32. The SMILES string of the molecule is CC(O)c1cc(F)ccc1-c1nccn1Cc1cnn(CCF)c1Br.O=Cc1cc(F)ccc1-c1nccn1Cc1cnn(CCF)c1Br.[Br-].[CH3-].[Mg+2]. The summed E-state index contributed by atoms with van der Waals surface area (Å²) in [6.45, 7) is 1.82. The van der Waals surface area contributed by atoms with Gasteiger partial charge in [0.25, 0.3) is 0 Å². The summed E-state index contributed by atoms with van der Waals surface area (Å²) in [4.78, 5) is 19.8. The number of aldehydes is 1. The molecule has 52 heavy (non-hydrogen) atoms. The number of nitrogens with zero attached hydrogens (tertiary/aromatic N) is 8. The Labute approximate surface area is 341 Å². The van der Waals surface area contributed by atoms with E-state index >= 15 is 0 Å². The molecule has 18 heteroatoms. The first-order valence-corrected chi connectivity index (χ1v) is 16.5. The van der Waals surface area contributed by atoms with Gasteiger partial charge >= 0.3 is 23.1 Å². The molecule has 0 amide bonds.